The Balaban J connectivity index is 3.86. The van der Waals surface area contributed by atoms with Crippen molar-refractivity contribution in [3.05, 3.63) is 0 Å². The summed E-state index contributed by atoms with van der Waals surface area (Å²) in [6, 6.07) is 0. The first-order chi connectivity index (χ1) is 8.60. The number of aliphatic carboxylic acids is 1. The molecular formula is C13H24N2O4. The molecule has 0 aliphatic carbocycles. The van der Waals surface area contributed by atoms with Gasteiger partial charge in [0.1, 0.15) is 6.54 Å². The summed E-state index contributed by atoms with van der Waals surface area (Å²) in [6.07, 6.45) is 1.29. The highest BCUT2D eigenvalue weighted by atomic mass is 16.4. The second kappa shape index (κ2) is 7.76. The van der Waals surface area contributed by atoms with E-state index in [1.54, 1.807) is 0 Å². The summed E-state index contributed by atoms with van der Waals surface area (Å²) in [6.45, 7) is 7.71. The highest BCUT2D eigenvalue weighted by molar-refractivity contribution is 5.86. The number of hydrogen-bond acceptors (Lipinski definition) is 3. The maximum atomic E-state index is 11.6. The van der Waals surface area contributed by atoms with Crippen molar-refractivity contribution in [3.63, 3.8) is 0 Å². The van der Waals surface area contributed by atoms with Crippen LogP contribution in [0.4, 0.5) is 0 Å². The maximum Gasteiger partial charge on any atom is 0.322 e. The molecule has 1 unspecified atom stereocenters. The summed E-state index contributed by atoms with van der Waals surface area (Å²) >= 11 is 0. The third-order valence-electron chi connectivity index (χ3n) is 2.38. The van der Waals surface area contributed by atoms with Crippen LogP contribution in [0.15, 0.2) is 0 Å². The highest BCUT2D eigenvalue weighted by Crippen LogP contribution is 2.25. The van der Waals surface area contributed by atoms with Crippen LogP contribution in [0.5, 0.6) is 0 Å². The number of nitrogens with one attached hydrogen (secondary N) is 2. The van der Waals surface area contributed by atoms with Gasteiger partial charge >= 0.3 is 5.97 Å². The molecule has 3 N–H and O–H groups in total. The Hall–Kier alpha value is -1.59. The Morgan fingerprint density at radius 2 is 1.58 bits per heavy atom. The first-order valence-electron chi connectivity index (χ1n) is 6.35. The van der Waals surface area contributed by atoms with E-state index in [2.05, 4.69) is 31.4 Å². The first-order valence-corrected chi connectivity index (χ1v) is 6.35. The van der Waals surface area contributed by atoms with Crippen molar-refractivity contribution in [1.29, 1.82) is 0 Å². The third-order valence-corrected chi connectivity index (χ3v) is 2.38. The van der Waals surface area contributed by atoms with E-state index in [1.165, 1.54) is 0 Å². The van der Waals surface area contributed by atoms with Crippen LogP contribution >= 0.6 is 0 Å². The molecule has 0 aromatic rings. The van der Waals surface area contributed by atoms with Crippen molar-refractivity contribution in [2.24, 2.45) is 11.3 Å². The molecule has 0 spiro atoms. The first kappa shape index (κ1) is 17.4. The molecule has 0 rings (SSSR count). The fourth-order valence-electron chi connectivity index (χ4n) is 1.92. The van der Waals surface area contributed by atoms with Gasteiger partial charge in [0, 0.05) is 6.42 Å². The quantitative estimate of drug-likeness (QED) is 0.637. The van der Waals surface area contributed by atoms with Crippen molar-refractivity contribution in [3.8, 4) is 0 Å². The lowest BCUT2D eigenvalue weighted by Gasteiger charge is -2.22. The monoisotopic (exact) mass is 272 g/mol. The lowest BCUT2D eigenvalue weighted by molar-refractivity contribution is -0.137. The van der Waals surface area contributed by atoms with Gasteiger partial charge in [-0.1, -0.05) is 27.7 Å². The molecule has 0 fully saturated rings. The average Bonchev–Trinajstić information content (AvgIpc) is 2.20. The Morgan fingerprint density at radius 3 is 2.05 bits per heavy atom. The standard InChI is InChI=1S/C13H24N2O4/c1-9(6-13(2,3)4)5-10(16)14-7-11(17)15-8-12(18)19/h9H,5-8H2,1-4H3,(H,14,16)(H,15,17)(H,18,19). The second-order valence-electron chi connectivity index (χ2n) is 6.02. The molecule has 110 valence electrons. The zero-order valence-corrected chi connectivity index (χ0v) is 12.1. The van der Waals surface area contributed by atoms with Gasteiger partial charge < -0.3 is 15.7 Å². The summed E-state index contributed by atoms with van der Waals surface area (Å²) in [5.74, 6) is -1.57. The van der Waals surface area contributed by atoms with Crippen molar-refractivity contribution >= 4 is 17.8 Å². The minimum absolute atomic E-state index is 0.165. The van der Waals surface area contributed by atoms with Crippen LogP contribution in [0.3, 0.4) is 0 Å². The summed E-state index contributed by atoms with van der Waals surface area (Å²) in [4.78, 5) is 33.0. The van der Waals surface area contributed by atoms with Crippen molar-refractivity contribution in [2.45, 2.75) is 40.5 Å². The fourth-order valence-corrected chi connectivity index (χ4v) is 1.92. The van der Waals surface area contributed by atoms with Gasteiger partial charge in [-0.15, -0.1) is 0 Å². The number of carboxylic acid groups (broad SMARTS) is 1. The van der Waals surface area contributed by atoms with Gasteiger partial charge in [-0.05, 0) is 17.8 Å². The van der Waals surface area contributed by atoms with E-state index < -0.39 is 18.4 Å². The van der Waals surface area contributed by atoms with Gasteiger partial charge in [0.15, 0.2) is 0 Å². The minimum atomic E-state index is -1.11. The Bertz CT molecular complexity index is 334. The summed E-state index contributed by atoms with van der Waals surface area (Å²) in [7, 11) is 0. The number of amides is 2. The van der Waals surface area contributed by atoms with Gasteiger partial charge in [-0.2, -0.15) is 0 Å². The Labute approximate surface area is 113 Å². The summed E-state index contributed by atoms with van der Waals surface area (Å²) in [5.41, 5.74) is 0.165. The summed E-state index contributed by atoms with van der Waals surface area (Å²) in [5, 5.41) is 13.0. The molecule has 0 aromatic heterocycles. The predicted octanol–water partition coefficient (Wildman–Crippen LogP) is 0.766. The molecule has 1 atom stereocenters. The molecule has 0 bridgehead atoms. The van der Waals surface area contributed by atoms with Crippen LogP contribution in [0, 0.1) is 11.3 Å². The molecule has 0 aromatic carbocycles. The molecule has 0 aliphatic heterocycles. The third kappa shape index (κ3) is 11.2. The van der Waals surface area contributed by atoms with E-state index in [4.69, 9.17) is 5.11 Å². The predicted molar refractivity (Wildman–Crippen MR) is 71.5 cm³/mol. The smallest absolute Gasteiger partial charge is 0.322 e. The van der Waals surface area contributed by atoms with Crippen LogP contribution in [0.1, 0.15) is 40.5 Å². The Morgan fingerprint density at radius 1 is 1.05 bits per heavy atom. The van der Waals surface area contributed by atoms with Gasteiger partial charge in [-0.3, -0.25) is 14.4 Å². The lowest BCUT2D eigenvalue weighted by atomic mass is 9.84. The molecule has 6 heteroatoms. The van der Waals surface area contributed by atoms with Gasteiger partial charge in [0.2, 0.25) is 11.8 Å². The van der Waals surface area contributed by atoms with E-state index >= 15 is 0 Å². The number of carbonyl (C=O) groups is 3. The van der Waals surface area contributed by atoms with Crippen molar-refractivity contribution < 1.29 is 19.5 Å². The Kier molecular flexibility index (Phi) is 7.11. The largest absolute Gasteiger partial charge is 0.480 e. The highest BCUT2D eigenvalue weighted by Gasteiger charge is 2.18. The van der Waals surface area contributed by atoms with Crippen molar-refractivity contribution in [2.75, 3.05) is 13.1 Å². The van der Waals surface area contributed by atoms with E-state index in [0.717, 1.165) is 6.42 Å². The second-order valence-corrected chi connectivity index (χ2v) is 6.02. The minimum Gasteiger partial charge on any atom is -0.480 e. The zero-order chi connectivity index (χ0) is 15.1. The molecule has 0 saturated heterocycles. The van der Waals surface area contributed by atoms with Crippen LogP contribution in [0.25, 0.3) is 0 Å². The van der Waals surface area contributed by atoms with Crippen LogP contribution in [-0.2, 0) is 14.4 Å². The van der Waals surface area contributed by atoms with Crippen LogP contribution in [0.2, 0.25) is 0 Å². The van der Waals surface area contributed by atoms with E-state index in [1.807, 2.05) is 6.92 Å². The SMILES string of the molecule is CC(CC(=O)NCC(=O)NCC(=O)O)CC(C)(C)C. The normalized spacial score (nSPS) is 12.6. The number of carboxylic acids is 1. The zero-order valence-electron chi connectivity index (χ0n) is 12.1. The van der Waals surface area contributed by atoms with Crippen LogP contribution in [-0.4, -0.2) is 36.0 Å². The molecule has 0 saturated carbocycles. The van der Waals surface area contributed by atoms with Gasteiger partial charge in [0.05, 0.1) is 6.54 Å². The van der Waals surface area contributed by atoms with E-state index in [-0.39, 0.29) is 23.8 Å². The fraction of sp³-hybridized carbons (Fsp3) is 0.769. The number of hydrogen-bond donors (Lipinski definition) is 3. The molecule has 0 heterocycles. The molecule has 2 amide bonds. The molecule has 6 nitrogen and oxygen atoms in total. The van der Waals surface area contributed by atoms with Gasteiger partial charge in [-0.25, -0.2) is 0 Å². The van der Waals surface area contributed by atoms with Crippen molar-refractivity contribution in [1.82, 2.24) is 10.6 Å². The summed E-state index contributed by atoms with van der Waals surface area (Å²) < 4.78 is 0. The van der Waals surface area contributed by atoms with Gasteiger partial charge in [0.25, 0.3) is 0 Å². The topological polar surface area (TPSA) is 95.5 Å². The molecule has 0 radical (unpaired) electrons. The van der Waals surface area contributed by atoms with E-state index in [9.17, 15) is 14.4 Å². The van der Waals surface area contributed by atoms with E-state index in [0.29, 0.717) is 6.42 Å². The lowest BCUT2D eigenvalue weighted by Crippen LogP contribution is -2.39. The number of carbonyl (C=O) groups excluding carboxylic acids is 2. The molecule has 0 aliphatic rings. The molecule has 19 heavy (non-hydrogen) atoms. The number of rotatable bonds is 7. The van der Waals surface area contributed by atoms with Crippen LogP contribution < -0.4 is 10.6 Å². The molecular weight excluding hydrogens is 248 g/mol. The maximum absolute atomic E-state index is 11.6. The average molecular weight is 272 g/mol.